The van der Waals surface area contributed by atoms with Gasteiger partial charge in [0.25, 0.3) is 0 Å². The number of fused-ring (bicyclic) bond motifs is 1. The van der Waals surface area contributed by atoms with Crippen molar-refractivity contribution in [1.82, 2.24) is 4.98 Å². The fourth-order valence-electron chi connectivity index (χ4n) is 3.13. The maximum Gasteiger partial charge on any atom is 0.132 e. The van der Waals surface area contributed by atoms with E-state index >= 15 is 0 Å². The number of aliphatic hydroxyl groups excluding tert-OH is 1. The molecule has 1 aliphatic rings. The van der Waals surface area contributed by atoms with Gasteiger partial charge in [-0.1, -0.05) is 18.2 Å². The molecule has 1 saturated heterocycles. The Kier molecular flexibility index (Phi) is 3.62. The quantitative estimate of drug-likeness (QED) is 0.910. The van der Waals surface area contributed by atoms with Gasteiger partial charge in [0.2, 0.25) is 0 Å². The molecule has 1 N–H and O–H groups in total. The van der Waals surface area contributed by atoms with Gasteiger partial charge < -0.3 is 10.0 Å². The SMILES string of the molecule is Cc1cc2ccccc2nc1N1CCCC(C(C)O)C1. The van der Waals surface area contributed by atoms with Crippen LogP contribution in [0.15, 0.2) is 30.3 Å². The number of anilines is 1. The predicted octanol–water partition coefficient (Wildman–Crippen LogP) is 3.14. The zero-order chi connectivity index (χ0) is 14.1. The molecule has 2 atom stereocenters. The standard InChI is InChI=1S/C17H22N2O/c1-12-10-14-6-3-4-8-16(14)18-17(12)19-9-5-7-15(11-19)13(2)20/h3-4,6,8,10,13,15,20H,5,7,9,11H2,1-2H3. The van der Waals surface area contributed by atoms with Crippen molar-refractivity contribution in [3.05, 3.63) is 35.9 Å². The third-order valence-corrected chi connectivity index (χ3v) is 4.33. The van der Waals surface area contributed by atoms with E-state index < -0.39 is 0 Å². The number of para-hydroxylation sites is 1. The number of hydrogen-bond acceptors (Lipinski definition) is 3. The van der Waals surface area contributed by atoms with Crippen LogP contribution in [0.5, 0.6) is 0 Å². The van der Waals surface area contributed by atoms with Crippen molar-refractivity contribution >= 4 is 16.7 Å². The fourth-order valence-corrected chi connectivity index (χ4v) is 3.13. The van der Waals surface area contributed by atoms with Gasteiger partial charge in [-0.3, -0.25) is 0 Å². The molecule has 0 radical (unpaired) electrons. The molecule has 3 heteroatoms. The summed E-state index contributed by atoms with van der Waals surface area (Å²) in [5, 5.41) is 11.0. The highest BCUT2D eigenvalue weighted by Crippen LogP contribution is 2.28. The third-order valence-electron chi connectivity index (χ3n) is 4.33. The largest absolute Gasteiger partial charge is 0.393 e. The van der Waals surface area contributed by atoms with Crippen LogP contribution in [0.3, 0.4) is 0 Å². The molecular formula is C17H22N2O. The number of benzene rings is 1. The van der Waals surface area contributed by atoms with Crippen LogP contribution < -0.4 is 4.90 Å². The monoisotopic (exact) mass is 270 g/mol. The van der Waals surface area contributed by atoms with E-state index in [1.54, 1.807) is 0 Å². The summed E-state index contributed by atoms with van der Waals surface area (Å²) < 4.78 is 0. The number of pyridine rings is 1. The van der Waals surface area contributed by atoms with Gasteiger partial charge in [0.15, 0.2) is 0 Å². The van der Waals surface area contributed by atoms with Crippen molar-refractivity contribution in [1.29, 1.82) is 0 Å². The first-order valence-corrected chi connectivity index (χ1v) is 7.44. The van der Waals surface area contributed by atoms with Gasteiger partial charge in [0.1, 0.15) is 5.82 Å². The lowest BCUT2D eigenvalue weighted by Crippen LogP contribution is -2.40. The normalized spacial score (nSPS) is 21.1. The number of piperidine rings is 1. The average Bonchev–Trinajstić information content (AvgIpc) is 2.46. The molecule has 1 aromatic heterocycles. The lowest BCUT2D eigenvalue weighted by molar-refractivity contribution is 0.115. The molecule has 106 valence electrons. The lowest BCUT2D eigenvalue weighted by atomic mass is 9.93. The second-order valence-corrected chi connectivity index (χ2v) is 5.91. The van der Waals surface area contributed by atoms with E-state index in [1.807, 2.05) is 19.1 Å². The number of aromatic nitrogens is 1. The van der Waals surface area contributed by atoms with E-state index in [-0.39, 0.29) is 6.10 Å². The molecule has 0 bridgehead atoms. The van der Waals surface area contributed by atoms with Crippen molar-refractivity contribution in [2.24, 2.45) is 5.92 Å². The van der Waals surface area contributed by atoms with Gasteiger partial charge in [-0.25, -0.2) is 4.98 Å². The highest BCUT2D eigenvalue weighted by Gasteiger charge is 2.25. The van der Waals surface area contributed by atoms with E-state index in [0.29, 0.717) is 5.92 Å². The molecule has 0 spiro atoms. The van der Waals surface area contributed by atoms with Crippen LogP contribution in [-0.4, -0.2) is 29.3 Å². The van der Waals surface area contributed by atoms with Gasteiger partial charge in [-0.05, 0) is 44.4 Å². The van der Waals surface area contributed by atoms with E-state index in [4.69, 9.17) is 4.98 Å². The number of hydrogen-bond donors (Lipinski definition) is 1. The molecule has 3 rings (SSSR count). The maximum absolute atomic E-state index is 9.84. The fraction of sp³-hybridized carbons (Fsp3) is 0.471. The molecule has 20 heavy (non-hydrogen) atoms. The summed E-state index contributed by atoms with van der Waals surface area (Å²) in [5.74, 6) is 1.44. The Labute approximate surface area is 120 Å². The summed E-state index contributed by atoms with van der Waals surface area (Å²) in [6.07, 6.45) is 2.00. The Morgan fingerprint density at radius 1 is 1.35 bits per heavy atom. The van der Waals surface area contributed by atoms with Crippen LogP contribution in [0.4, 0.5) is 5.82 Å². The number of rotatable bonds is 2. The van der Waals surface area contributed by atoms with Crippen LogP contribution in [0.1, 0.15) is 25.3 Å². The Hall–Kier alpha value is -1.61. The molecule has 2 heterocycles. The number of nitrogens with zero attached hydrogens (tertiary/aromatic N) is 2. The third kappa shape index (κ3) is 2.50. The zero-order valence-electron chi connectivity index (χ0n) is 12.2. The maximum atomic E-state index is 9.84. The van der Waals surface area contributed by atoms with Crippen molar-refractivity contribution in [3.63, 3.8) is 0 Å². The summed E-state index contributed by atoms with van der Waals surface area (Å²) >= 11 is 0. The molecule has 0 amide bonds. The van der Waals surface area contributed by atoms with Crippen LogP contribution >= 0.6 is 0 Å². The summed E-state index contributed by atoms with van der Waals surface area (Å²) in [7, 11) is 0. The first kappa shape index (κ1) is 13.4. The highest BCUT2D eigenvalue weighted by atomic mass is 16.3. The Balaban J connectivity index is 1.94. The van der Waals surface area contributed by atoms with E-state index in [0.717, 1.165) is 37.3 Å². The number of aryl methyl sites for hydroxylation is 1. The summed E-state index contributed by atoms with van der Waals surface area (Å²) in [6, 6.07) is 10.5. The van der Waals surface area contributed by atoms with Gasteiger partial charge in [0, 0.05) is 24.4 Å². The molecule has 0 aliphatic carbocycles. The minimum Gasteiger partial charge on any atom is -0.393 e. The second-order valence-electron chi connectivity index (χ2n) is 5.91. The van der Waals surface area contributed by atoms with Crippen molar-refractivity contribution in [2.75, 3.05) is 18.0 Å². The second kappa shape index (κ2) is 5.41. The van der Waals surface area contributed by atoms with Crippen molar-refractivity contribution in [3.8, 4) is 0 Å². The minimum atomic E-state index is -0.237. The first-order chi connectivity index (χ1) is 9.65. The van der Waals surface area contributed by atoms with E-state index in [1.165, 1.54) is 10.9 Å². The van der Waals surface area contributed by atoms with Crippen LogP contribution in [0.2, 0.25) is 0 Å². The molecule has 0 saturated carbocycles. The van der Waals surface area contributed by atoms with Crippen LogP contribution in [0.25, 0.3) is 10.9 Å². The molecule has 1 aromatic carbocycles. The highest BCUT2D eigenvalue weighted by molar-refractivity contribution is 5.81. The van der Waals surface area contributed by atoms with Gasteiger partial charge >= 0.3 is 0 Å². The van der Waals surface area contributed by atoms with Gasteiger partial charge in [-0.2, -0.15) is 0 Å². The molecular weight excluding hydrogens is 248 g/mol. The molecule has 1 aliphatic heterocycles. The molecule has 3 nitrogen and oxygen atoms in total. The summed E-state index contributed by atoms with van der Waals surface area (Å²) in [6.45, 7) is 5.97. The summed E-state index contributed by atoms with van der Waals surface area (Å²) in [4.78, 5) is 7.17. The van der Waals surface area contributed by atoms with Gasteiger partial charge in [0.05, 0.1) is 11.6 Å². The van der Waals surface area contributed by atoms with Gasteiger partial charge in [-0.15, -0.1) is 0 Å². The molecule has 2 unspecified atom stereocenters. The topological polar surface area (TPSA) is 36.4 Å². The smallest absolute Gasteiger partial charge is 0.132 e. The average molecular weight is 270 g/mol. The predicted molar refractivity (Wildman–Crippen MR) is 83.1 cm³/mol. The zero-order valence-corrected chi connectivity index (χ0v) is 12.2. The van der Waals surface area contributed by atoms with Crippen molar-refractivity contribution < 1.29 is 5.11 Å². The molecule has 2 aromatic rings. The van der Waals surface area contributed by atoms with E-state index in [9.17, 15) is 5.11 Å². The molecule has 1 fully saturated rings. The van der Waals surface area contributed by atoms with Crippen LogP contribution in [0, 0.1) is 12.8 Å². The lowest BCUT2D eigenvalue weighted by Gasteiger charge is -2.35. The summed E-state index contributed by atoms with van der Waals surface area (Å²) in [5.41, 5.74) is 2.27. The van der Waals surface area contributed by atoms with Crippen LogP contribution in [-0.2, 0) is 0 Å². The minimum absolute atomic E-state index is 0.237. The first-order valence-electron chi connectivity index (χ1n) is 7.44. The Morgan fingerprint density at radius 3 is 2.95 bits per heavy atom. The van der Waals surface area contributed by atoms with E-state index in [2.05, 4.69) is 30.0 Å². The Bertz CT molecular complexity index is 609. The Morgan fingerprint density at radius 2 is 2.15 bits per heavy atom. The number of aliphatic hydroxyl groups is 1. The van der Waals surface area contributed by atoms with Crippen molar-refractivity contribution in [2.45, 2.75) is 32.8 Å².